The monoisotopic (exact) mass is 294 g/mol. The van der Waals surface area contributed by atoms with E-state index in [9.17, 15) is 9.18 Å². The van der Waals surface area contributed by atoms with Crippen LogP contribution in [0.3, 0.4) is 0 Å². The van der Waals surface area contributed by atoms with E-state index >= 15 is 0 Å². The van der Waals surface area contributed by atoms with Crippen molar-refractivity contribution in [2.24, 2.45) is 0 Å². The fourth-order valence-electron chi connectivity index (χ4n) is 1.73. The van der Waals surface area contributed by atoms with Crippen LogP contribution in [0, 0.1) is 12.7 Å². The van der Waals surface area contributed by atoms with Crippen molar-refractivity contribution >= 4 is 17.6 Å². The molecule has 0 aliphatic rings. The minimum absolute atomic E-state index is 0.0872. The Kier molecular flexibility index (Phi) is 4.25. The third kappa shape index (κ3) is 3.08. The smallest absolute Gasteiger partial charge is 0.338 e. The lowest BCUT2D eigenvalue weighted by Gasteiger charge is -2.10. The first kappa shape index (κ1) is 14.3. The van der Waals surface area contributed by atoms with Crippen LogP contribution < -0.4 is 4.74 Å². The molecule has 104 valence electrons. The first-order valence-electron chi connectivity index (χ1n) is 5.88. The molecule has 2 aromatic rings. The summed E-state index contributed by atoms with van der Waals surface area (Å²) in [6.45, 7) is 1.80. The lowest BCUT2D eigenvalue weighted by Crippen LogP contribution is -2.06. The third-order valence-corrected chi connectivity index (χ3v) is 3.09. The molecule has 0 saturated heterocycles. The second kappa shape index (κ2) is 5.92. The molecule has 0 amide bonds. The number of rotatable bonds is 4. The minimum Gasteiger partial charge on any atom is -0.487 e. The van der Waals surface area contributed by atoms with Crippen LogP contribution in [0.1, 0.15) is 21.5 Å². The molecule has 0 bridgehead atoms. The van der Waals surface area contributed by atoms with Gasteiger partial charge in [0.1, 0.15) is 18.2 Å². The van der Waals surface area contributed by atoms with E-state index in [1.165, 1.54) is 18.2 Å². The van der Waals surface area contributed by atoms with Gasteiger partial charge >= 0.3 is 5.97 Å². The predicted octanol–water partition coefficient (Wildman–Crippen LogP) is 4.06. The van der Waals surface area contributed by atoms with Crippen LogP contribution >= 0.6 is 11.6 Å². The standard InChI is InChI=1S/C15H12ClFO3/c1-9-5-6-12(16)13(7-9)20-8-10-3-2-4-11(14(10)17)15(18)19/h2-7H,8H2,1H3,(H,18,19). The summed E-state index contributed by atoms with van der Waals surface area (Å²) in [5, 5.41) is 9.28. The number of benzene rings is 2. The fraction of sp³-hybridized carbons (Fsp3) is 0.133. The lowest BCUT2D eigenvalue weighted by molar-refractivity contribution is 0.0691. The summed E-state index contributed by atoms with van der Waals surface area (Å²) >= 11 is 5.97. The Morgan fingerprint density at radius 1 is 1.35 bits per heavy atom. The lowest BCUT2D eigenvalue weighted by atomic mass is 10.1. The number of hydrogen-bond donors (Lipinski definition) is 1. The minimum atomic E-state index is -1.31. The molecule has 0 fully saturated rings. The van der Waals surface area contributed by atoms with E-state index < -0.39 is 11.8 Å². The van der Waals surface area contributed by atoms with Crippen LogP contribution in [0.4, 0.5) is 4.39 Å². The number of carboxylic acids is 1. The number of carboxylic acid groups (broad SMARTS) is 1. The zero-order chi connectivity index (χ0) is 14.7. The molecule has 0 spiro atoms. The first-order chi connectivity index (χ1) is 9.49. The normalized spacial score (nSPS) is 10.3. The number of aryl methyl sites for hydroxylation is 1. The van der Waals surface area contributed by atoms with Crippen molar-refractivity contribution in [1.82, 2.24) is 0 Å². The van der Waals surface area contributed by atoms with Crippen molar-refractivity contribution in [3.63, 3.8) is 0 Å². The Labute approximate surface area is 120 Å². The van der Waals surface area contributed by atoms with Crippen molar-refractivity contribution in [2.45, 2.75) is 13.5 Å². The van der Waals surface area contributed by atoms with E-state index in [1.54, 1.807) is 12.1 Å². The number of ether oxygens (including phenoxy) is 1. The van der Waals surface area contributed by atoms with Gasteiger partial charge in [-0.3, -0.25) is 0 Å². The topological polar surface area (TPSA) is 46.5 Å². The summed E-state index contributed by atoms with van der Waals surface area (Å²) in [5.41, 5.74) is 0.757. The van der Waals surface area contributed by atoms with Crippen molar-refractivity contribution in [2.75, 3.05) is 0 Å². The van der Waals surface area contributed by atoms with E-state index in [0.717, 1.165) is 5.56 Å². The molecule has 5 heteroatoms. The molecule has 0 aliphatic heterocycles. The highest BCUT2D eigenvalue weighted by Crippen LogP contribution is 2.26. The molecular weight excluding hydrogens is 283 g/mol. The highest BCUT2D eigenvalue weighted by Gasteiger charge is 2.14. The van der Waals surface area contributed by atoms with E-state index in [-0.39, 0.29) is 17.7 Å². The summed E-state index contributed by atoms with van der Waals surface area (Å²) in [4.78, 5) is 10.8. The first-order valence-corrected chi connectivity index (χ1v) is 6.26. The maximum absolute atomic E-state index is 13.9. The Balaban J connectivity index is 2.21. The molecule has 2 rings (SSSR count). The van der Waals surface area contributed by atoms with Gasteiger partial charge in [-0.25, -0.2) is 9.18 Å². The van der Waals surface area contributed by atoms with Crippen LogP contribution in [-0.2, 0) is 6.61 Å². The summed E-state index contributed by atoms with van der Waals surface area (Å²) in [5.74, 6) is -1.66. The van der Waals surface area contributed by atoms with Gasteiger partial charge in [0.25, 0.3) is 0 Å². The van der Waals surface area contributed by atoms with Gasteiger partial charge in [-0.15, -0.1) is 0 Å². The van der Waals surface area contributed by atoms with Gasteiger partial charge in [0.15, 0.2) is 0 Å². The summed E-state index contributed by atoms with van der Waals surface area (Å²) in [6.07, 6.45) is 0. The number of aromatic carboxylic acids is 1. The molecule has 20 heavy (non-hydrogen) atoms. The van der Waals surface area contributed by atoms with Gasteiger partial charge < -0.3 is 9.84 Å². The van der Waals surface area contributed by atoms with E-state index in [0.29, 0.717) is 10.8 Å². The van der Waals surface area contributed by atoms with Crippen LogP contribution in [0.15, 0.2) is 36.4 Å². The molecular formula is C15H12ClFO3. The molecule has 0 saturated carbocycles. The van der Waals surface area contributed by atoms with Crippen molar-refractivity contribution in [3.8, 4) is 5.75 Å². The molecule has 3 nitrogen and oxygen atoms in total. The molecule has 1 N–H and O–H groups in total. The van der Waals surface area contributed by atoms with Gasteiger partial charge in [-0.2, -0.15) is 0 Å². The van der Waals surface area contributed by atoms with Gasteiger partial charge in [-0.05, 0) is 30.7 Å². The van der Waals surface area contributed by atoms with Gasteiger partial charge in [0, 0.05) is 5.56 Å². The molecule has 0 radical (unpaired) electrons. The zero-order valence-electron chi connectivity index (χ0n) is 10.7. The largest absolute Gasteiger partial charge is 0.487 e. The second-order valence-electron chi connectivity index (χ2n) is 4.31. The molecule has 2 aromatic carbocycles. The maximum Gasteiger partial charge on any atom is 0.338 e. The Bertz CT molecular complexity index is 656. The van der Waals surface area contributed by atoms with Crippen molar-refractivity contribution in [3.05, 3.63) is 63.9 Å². The predicted molar refractivity (Wildman–Crippen MR) is 73.9 cm³/mol. The fourth-order valence-corrected chi connectivity index (χ4v) is 1.91. The molecule has 0 aromatic heterocycles. The van der Waals surface area contributed by atoms with Gasteiger partial charge in [0.2, 0.25) is 0 Å². The Hall–Kier alpha value is -2.07. The average Bonchev–Trinajstić information content (AvgIpc) is 2.41. The zero-order valence-corrected chi connectivity index (χ0v) is 11.4. The highest BCUT2D eigenvalue weighted by atomic mass is 35.5. The van der Waals surface area contributed by atoms with Crippen molar-refractivity contribution < 1.29 is 19.0 Å². The Morgan fingerprint density at radius 2 is 2.10 bits per heavy atom. The Morgan fingerprint density at radius 3 is 2.80 bits per heavy atom. The van der Waals surface area contributed by atoms with E-state index in [4.69, 9.17) is 21.4 Å². The van der Waals surface area contributed by atoms with Crippen LogP contribution in [-0.4, -0.2) is 11.1 Å². The average molecular weight is 295 g/mol. The quantitative estimate of drug-likeness (QED) is 0.925. The maximum atomic E-state index is 13.9. The molecule has 0 heterocycles. The molecule has 0 aliphatic carbocycles. The van der Waals surface area contributed by atoms with Gasteiger partial charge in [-0.1, -0.05) is 29.8 Å². The SMILES string of the molecule is Cc1ccc(Cl)c(OCc2cccc(C(=O)O)c2F)c1. The van der Waals surface area contributed by atoms with Crippen LogP contribution in [0.5, 0.6) is 5.75 Å². The van der Waals surface area contributed by atoms with E-state index in [2.05, 4.69) is 0 Å². The molecule has 0 atom stereocenters. The van der Waals surface area contributed by atoms with Crippen molar-refractivity contribution in [1.29, 1.82) is 0 Å². The molecule has 0 unspecified atom stereocenters. The van der Waals surface area contributed by atoms with Gasteiger partial charge in [0.05, 0.1) is 10.6 Å². The number of halogens is 2. The second-order valence-corrected chi connectivity index (χ2v) is 4.71. The van der Waals surface area contributed by atoms with E-state index in [1.807, 2.05) is 13.0 Å². The summed E-state index contributed by atoms with van der Waals surface area (Å²) in [7, 11) is 0. The van der Waals surface area contributed by atoms with Crippen LogP contribution in [0.25, 0.3) is 0 Å². The summed E-state index contributed by atoms with van der Waals surface area (Å²) in [6, 6.07) is 9.42. The highest BCUT2D eigenvalue weighted by molar-refractivity contribution is 6.32. The number of hydrogen-bond acceptors (Lipinski definition) is 2. The number of carbonyl (C=O) groups is 1. The van der Waals surface area contributed by atoms with Crippen LogP contribution in [0.2, 0.25) is 5.02 Å². The summed E-state index contributed by atoms with van der Waals surface area (Å²) < 4.78 is 19.4. The third-order valence-electron chi connectivity index (χ3n) is 2.78.